The Morgan fingerprint density at radius 3 is 2.42 bits per heavy atom. The molecule has 19 heavy (non-hydrogen) atoms. The van der Waals surface area contributed by atoms with Gasteiger partial charge < -0.3 is 5.73 Å². The molecule has 0 spiro atoms. The standard InChI is InChI=1S/C16H24N2.ClH/c17-11-16-3-1-2-10-18(16)12-13-4-6-14(7-5-13)15-8-9-15;/h4-7,15-16H,1-3,8-12,17H2;1H. The molecule has 1 unspecified atom stereocenters. The average molecular weight is 281 g/mol. The van der Waals surface area contributed by atoms with Gasteiger partial charge in [-0.1, -0.05) is 30.7 Å². The van der Waals surface area contributed by atoms with Crippen LogP contribution in [0.3, 0.4) is 0 Å². The number of nitrogens with zero attached hydrogens (tertiary/aromatic N) is 1. The Hall–Kier alpha value is -0.570. The Kier molecular flexibility index (Phi) is 5.26. The summed E-state index contributed by atoms with van der Waals surface area (Å²) >= 11 is 0. The number of hydrogen-bond acceptors (Lipinski definition) is 2. The first kappa shape index (κ1) is 14.8. The van der Waals surface area contributed by atoms with E-state index in [2.05, 4.69) is 29.2 Å². The second-order valence-electron chi connectivity index (χ2n) is 5.87. The number of benzene rings is 1. The minimum atomic E-state index is 0. The summed E-state index contributed by atoms with van der Waals surface area (Å²) in [6, 6.07) is 9.89. The fourth-order valence-corrected chi connectivity index (χ4v) is 3.08. The molecule has 1 saturated carbocycles. The Morgan fingerprint density at radius 2 is 1.79 bits per heavy atom. The zero-order valence-electron chi connectivity index (χ0n) is 11.6. The molecule has 1 aliphatic heterocycles. The molecule has 106 valence electrons. The first-order chi connectivity index (χ1) is 8.86. The van der Waals surface area contributed by atoms with Crippen LogP contribution in [0.2, 0.25) is 0 Å². The predicted octanol–water partition coefficient (Wildman–Crippen LogP) is 3.30. The second-order valence-corrected chi connectivity index (χ2v) is 5.87. The summed E-state index contributed by atoms with van der Waals surface area (Å²) in [4.78, 5) is 2.57. The highest BCUT2D eigenvalue weighted by Crippen LogP contribution is 2.39. The lowest BCUT2D eigenvalue weighted by atomic mass is 10.0. The van der Waals surface area contributed by atoms with Crippen LogP contribution < -0.4 is 5.73 Å². The van der Waals surface area contributed by atoms with Crippen LogP contribution in [-0.4, -0.2) is 24.0 Å². The Labute approximate surface area is 122 Å². The maximum atomic E-state index is 5.88. The van der Waals surface area contributed by atoms with Crippen LogP contribution in [0.25, 0.3) is 0 Å². The summed E-state index contributed by atoms with van der Waals surface area (Å²) in [5.74, 6) is 0.867. The maximum absolute atomic E-state index is 5.88. The smallest absolute Gasteiger partial charge is 0.0237 e. The average Bonchev–Trinajstić information content (AvgIpc) is 3.25. The van der Waals surface area contributed by atoms with Crippen molar-refractivity contribution < 1.29 is 0 Å². The van der Waals surface area contributed by atoms with Gasteiger partial charge in [-0.15, -0.1) is 12.4 Å². The van der Waals surface area contributed by atoms with Gasteiger partial charge in [-0.3, -0.25) is 4.90 Å². The summed E-state index contributed by atoms with van der Waals surface area (Å²) in [5.41, 5.74) is 8.86. The Balaban J connectivity index is 0.00000133. The monoisotopic (exact) mass is 280 g/mol. The fourth-order valence-electron chi connectivity index (χ4n) is 3.08. The molecular weight excluding hydrogens is 256 g/mol. The first-order valence-corrected chi connectivity index (χ1v) is 7.40. The van der Waals surface area contributed by atoms with E-state index in [-0.39, 0.29) is 12.4 Å². The van der Waals surface area contributed by atoms with E-state index < -0.39 is 0 Å². The normalized spacial score (nSPS) is 23.9. The number of nitrogens with two attached hydrogens (primary N) is 1. The lowest BCUT2D eigenvalue weighted by Gasteiger charge is -2.35. The van der Waals surface area contributed by atoms with Gasteiger partial charge in [0.15, 0.2) is 0 Å². The van der Waals surface area contributed by atoms with Crippen LogP contribution in [0.1, 0.15) is 49.1 Å². The lowest BCUT2D eigenvalue weighted by Crippen LogP contribution is -2.43. The largest absolute Gasteiger partial charge is 0.329 e. The summed E-state index contributed by atoms with van der Waals surface area (Å²) in [7, 11) is 0. The molecule has 0 aromatic heterocycles. The van der Waals surface area contributed by atoms with E-state index in [1.54, 1.807) is 0 Å². The van der Waals surface area contributed by atoms with Gasteiger partial charge in [0.05, 0.1) is 0 Å². The van der Waals surface area contributed by atoms with E-state index in [0.717, 1.165) is 19.0 Å². The number of rotatable bonds is 4. The third kappa shape index (κ3) is 3.71. The van der Waals surface area contributed by atoms with Gasteiger partial charge in [0.1, 0.15) is 0 Å². The molecule has 0 bridgehead atoms. The van der Waals surface area contributed by atoms with Crippen molar-refractivity contribution in [3.8, 4) is 0 Å². The molecule has 2 fully saturated rings. The molecule has 1 heterocycles. The van der Waals surface area contributed by atoms with E-state index in [4.69, 9.17) is 5.73 Å². The van der Waals surface area contributed by atoms with Gasteiger partial charge in [0.25, 0.3) is 0 Å². The second kappa shape index (κ2) is 6.74. The summed E-state index contributed by atoms with van der Waals surface area (Å²) in [6.45, 7) is 3.10. The molecule has 3 heteroatoms. The molecule has 2 N–H and O–H groups in total. The van der Waals surface area contributed by atoms with Crippen LogP contribution in [0.4, 0.5) is 0 Å². The summed E-state index contributed by atoms with van der Waals surface area (Å²) in [5, 5.41) is 0. The van der Waals surface area contributed by atoms with Crippen molar-refractivity contribution in [1.29, 1.82) is 0 Å². The number of hydrogen-bond donors (Lipinski definition) is 1. The molecule has 1 aromatic rings. The van der Waals surface area contributed by atoms with Crippen LogP contribution in [-0.2, 0) is 6.54 Å². The summed E-state index contributed by atoms with van der Waals surface area (Å²) < 4.78 is 0. The summed E-state index contributed by atoms with van der Waals surface area (Å²) in [6.07, 6.45) is 6.73. The van der Waals surface area contributed by atoms with Crippen LogP contribution >= 0.6 is 12.4 Å². The minimum absolute atomic E-state index is 0. The van der Waals surface area contributed by atoms with Gasteiger partial charge >= 0.3 is 0 Å². The number of piperidine rings is 1. The lowest BCUT2D eigenvalue weighted by molar-refractivity contribution is 0.145. The Bertz CT molecular complexity index is 386. The molecule has 3 rings (SSSR count). The molecule has 1 aliphatic carbocycles. The fraction of sp³-hybridized carbons (Fsp3) is 0.625. The van der Waals surface area contributed by atoms with E-state index >= 15 is 0 Å². The molecule has 1 aromatic carbocycles. The van der Waals surface area contributed by atoms with Crippen LogP contribution in [0.15, 0.2) is 24.3 Å². The van der Waals surface area contributed by atoms with Crippen molar-refractivity contribution in [3.05, 3.63) is 35.4 Å². The molecule has 1 atom stereocenters. The van der Waals surface area contributed by atoms with Crippen LogP contribution in [0.5, 0.6) is 0 Å². The highest BCUT2D eigenvalue weighted by atomic mass is 35.5. The quantitative estimate of drug-likeness (QED) is 0.917. The minimum Gasteiger partial charge on any atom is -0.329 e. The SMILES string of the molecule is Cl.NCC1CCCCN1Cc1ccc(C2CC2)cc1. The maximum Gasteiger partial charge on any atom is 0.0237 e. The number of halogens is 1. The molecule has 2 aliphatic rings. The van der Waals surface area contributed by atoms with Crippen molar-refractivity contribution in [2.75, 3.05) is 13.1 Å². The highest BCUT2D eigenvalue weighted by Gasteiger charge is 2.24. The van der Waals surface area contributed by atoms with Crippen LogP contribution in [0, 0.1) is 0 Å². The van der Waals surface area contributed by atoms with E-state index in [0.29, 0.717) is 6.04 Å². The van der Waals surface area contributed by atoms with E-state index in [1.165, 1.54) is 49.8 Å². The zero-order valence-corrected chi connectivity index (χ0v) is 12.4. The third-order valence-corrected chi connectivity index (χ3v) is 4.44. The van der Waals surface area contributed by atoms with Crippen molar-refractivity contribution in [2.45, 2.75) is 50.6 Å². The zero-order chi connectivity index (χ0) is 12.4. The first-order valence-electron chi connectivity index (χ1n) is 7.40. The van der Waals surface area contributed by atoms with Crippen molar-refractivity contribution >= 4 is 12.4 Å². The highest BCUT2D eigenvalue weighted by molar-refractivity contribution is 5.85. The molecule has 0 amide bonds. The topological polar surface area (TPSA) is 29.3 Å². The predicted molar refractivity (Wildman–Crippen MR) is 82.8 cm³/mol. The van der Waals surface area contributed by atoms with Crippen molar-refractivity contribution in [1.82, 2.24) is 4.90 Å². The van der Waals surface area contributed by atoms with Gasteiger partial charge in [0, 0.05) is 19.1 Å². The van der Waals surface area contributed by atoms with Gasteiger partial charge in [-0.05, 0) is 49.3 Å². The van der Waals surface area contributed by atoms with Gasteiger partial charge in [0.2, 0.25) is 0 Å². The molecule has 1 saturated heterocycles. The van der Waals surface area contributed by atoms with E-state index in [9.17, 15) is 0 Å². The van der Waals surface area contributed by atoms with E-state index in [1.807, 2.05) is 0 Å². The van der Waals surface area contributed by atoms with Crippen molar-refractivity contribution in [2.24, 2.45) is 5.73 Å². The van der Waals surface area contributed by atoms with Gasteiger partial charge in [-0.2, -0.15) is 0 Å². The van der Waals surface area contributed by atoms with Crippen molar-refractivity contribution in [3.63, 3.8) is 0 Å². The Morgan fingerprint density at radius 1 is 1.05 bits per heavy atom. The third-order valence-electron chi connectivity index (χ3n) is 4.44. The molecular formula is C16H25ClN2. The molecule has 2 nitrogen and oxygen atoms in total. The van der Waals surface area contributed by atoms with Gasteiger partial charge in [-0.25, -0.2) is 0 Å². The number of likely N-dealkylation sites (tertiary alicyclic amines) is 1. The molecule has 0 radical (unpaired) electrons.